The van der Waals surface area contributed by atoms with Crippen LogP contribution in [0.5, 0.6) is 5.75 Å². The zero-order chi connectivity index (χ0) is 20.2. The van der Waals surface area contributed by atoms with Crippen molar-refractivity contribution >= 4 is 11.8 Å². The molecule has 0 N–H and O–H groups in total. The number of piperazine rings is 1. The van der Waals surface area contributed by atoms with Crippen LogP contribution in [0.1, 0.15) is 44.1 Å². The first kappa shape index (κ1) is 20.2. The molecule has 0 aromatic heterocycles. The summed E-state index contributed by atoms with van der Waals surface area (Å²) >= 11 is 0. The molecular weight excluding hydrogens is 366 g/mol. The van der Waals surface area contributed by atoms with Gasteiger partial charge in [-0.3, -0.25) is 14.5 Å². The summed E-state index contributed by atoms with van der Waals surface area (Å²) < 4.78 is 5.31. The molecule has 6 heteroatoms. The second-order valence-corrected chi connectivity index (χ2v) is 8.67. The van der Waals surface area contributed by atoms with Crippen molar-refractivity contribution < 1.29 is 14.3 Å². The van der Waals surface area contributed by atoms with Crippen molar-refractivity contribution in [2.24, 2.45) is 5.92 Å². The molecule has 1 aromatic rings. The van der Waals surface area contributed by atoms with Crippen LogP contribution in [0.15, 0.2) is 24.3 Å². The molecule has 29 heavy (non-hydrogen) atoms. The largest absolute Gasteiger partial charge is 0.497 e. The van der Waals surface area contributed by atoms with Crippen molar-refractivity contribution in [3.8, 4) is 5.75 Å². The molecule has 1 atom stereocenters. The van der Waals surface area contributed by atoms with Gasteiger partial charge in [0.1, 0.15) is 5.75 Å². The molecule has 0 radical (unpaired) electrons. The summed E-state index contributed by atoms with van der Waals surface area (Å²) in [5, 5.41) is 0. The van der Waals surface area contributed by atoms with E-state index in [1.165, 1.54) is 18.4 Å². The van der Waals surface area contributed by atoms with Crippen molar-refractivity contribution in [3.05, 3.63) is 29.8 Å². The van der Waals surface area contributed by atoms with Crippen molar-refractivity contribution in [1.82, 2.24) is 14.7 Å². The van der Waals surface area contributed by atoms with Crippen LogP contribution in [0.25, 0.3) is 0 Å². The Bertz CT molecular complexity index is 724. The number of hydrogen-bond donors (Lipinski definition) is 0. The first-order chi connectivity index (χ1) is 14.1. The van der Waals surface area contributed by atoms with Gasteiger partial charge in [0.2, 0.25) is 11.8 Å². The molecule has 2 amide bonds. The molecule has 1 saturated carbocycles. The Kier molecular flexibility index (Phi) is 6.38. The summed E-state index contributed by atoms with van der Waals surface area (Å²) in [4.78, 5) is 31.9. The number of piperidine rings is 1. The fraction of sp³-hybridized carbons (Fsp3) is 0.652. The summed E-state index contributed by atoms with van der Waals surface area (Å²) in [6, 6.07) is 8.56. The summed E-state index contributed by atoms with van der Waals surface area (Å²) in [5.74, 6) is 1.37. The molecular formula is C23H33N3O3. The van der Waals surface area contributed by atoms with Gasteiger partial charge in [-0.05, 0) is 37.0 Å². The quantitative estimate of drug-likeness (QED) is 0.764. The standard InChI is InChI=1S/C23H33N3O3/c1-29-21-8-4-5-18(15-21)16-24-11-13-25(14-12-24)23(28)19-9-10-22(27)26(17-19)20-6-2-3-7-20/h4-5,8,15,19-20H,2-3,6-7,9-14,16-17H2,1H3/t19-/m0/s1. The van der Waals surface area contributed by atoms with Crippen molar-refractivity contribution in [1.29, 1.82) is 0 Å². The Morgan fingerprint density at radius 3 is 2.59 bits per heavy atom. The van der Waals surface area contributed by atoms with Gasteiger partial charge in [0.05, 0.1) is 13.0 Å². The van der Waals surface area contributed by atoms with Gasteiger partial charge in [-0.2, -0.15) is 0 Å². The number of rotatable bonds is 5. The van der Waals surface area contributed by atoms with Crippen LogP contribution in [-0.2, 0) is 16.1 Å². The van der Waals surface area contributed by atoms with Crippen LogP contribution in [0.4, 0.5) is 0 Å². The highest BCUT2D eigenvalue weighted by molar-refractivity contribution is 5.84. The Hall–Kier alpha value is -2.08. The third-order valence-corrected chi connectivity index (χ3v) is 6.78. The minimum absolute atomic E-state index is 0.0155. The maximum Gasteiger partial charge on any atom is 0.227 e. The normalized spacial score (nSPS) is 24.2. The van der Waals surface area contributed by atoms with E-state index < -0.39 is 0 Å². The predicted molar refractivity (Wildman–Crippen MR) is 112 cm³/mol. The van der Waals surface area contributed by atoms with Gasteiger partial charge < -0.3 is 14.5 Å². The lowest BCUT2D eigenvalue weighted by molar-refractivity contribution is -0.145. The van der Waals surface area contributed by atoms with E-state index in [2.05, 4.69) is 17.0 Å². The Morgan fingerprint density at radius 1 is 1.10 bits per heavy atom. The lowest BCUT2D eigenvalue weighted by atomic mass is 9.94. The first-order valence-corrected chi connectivity index (χ1v) is 11.1. The van der Waals surface area contributed by atoms with E-state index in [4.69, 9.17) is 4.74 Å². The number of carbonyl (C=O) groups is 2. The predicted octanol–water partition coefficient (Wildman–Crippen LogP) is 2.52. The summed E-state index contributed by atoms with van der Waals surface area (Å²) in [6.45, 7) is 4.84. The molecule has 0 bridgehead atoms. The van der Waals surface area contributed by atoms with Crippen molar-refractivity contribution in [2.75, 3.05) is 39.8 Å². The van der Waals surface area contributed by atoms with Crippen LogP contribution in [0.3, 0.4) is 0 Å². The fourth-order valence-electron chi connectivity index (χ4n) is 5.06. The first-order valence-electron chi connectivity index (χ1n) is 11.1. The summed E-state index contributed by atoms with van der Waals surface area (Å²) in [7, 11) is 1.69. The second kappa shape index (κ2) is 9.16. The molecule has 6 nitrogen and oxygen atoms in total. The highest BCUT2D eigenvalue weighted by Crippen LogP contribution is 2.29. The molecule has 3 fully saturated rings. The van der Waals surface area contributed by atoms with Crippen LogP contribution >= 0.6 is 0 Å². The fourth-order valence-corrected chi connectivity index (χ4v) is 5.06. The molecule has 158 valence electrons. The Balaban J connectivity index is 1.28. The van der Waals surface area contributed by atoms with E-state index in [-0.39, 0.29) is 17.7 Å². The summed E-state index contributed by atoms with van der Waals surface area (Å²) in [5.41, 5.74) is 1.24. The number of benzene rings is 1. The topological polar surface area (TPSA) is 53.1 Å². The number of amides is 2. The zero-order valence-electron chi connectivity index (χ0n) is 17.5. The van der Waals surface area contributed by atoms with Gasteiger partial charge >= 0.3 is 0 Å². The van der Waals surface area contributed by atoms with Gasteiger partial charge in [-0.15, -0.1) is 0 Å². The Labute approximate surface area is 173 Å². The lowest BCUT2D eigenvalue weighted by Gasteiger charge is -2.40. The third-order valence-electron chi connectivity index (χ3n) is 6.78. The molecule has 1 aliphatic carbocycles. The Morgan fingerprint density at radius 2 is 1.86 bits per heavy atom. The van der Waals surface area contributed by atoms with E-state index in [0.717, 1.165) is 51.3 Å². The minimum Gasteiger partial charge on any atom is -0.497 e. The minimum atomic E-state index is -0.0155. The monoisotopic (exact) mass is 399 g/mol. The molecule has 4 rings (SSSR count). The number of nitrogens with zero attached hydrogens (tertiary/aromatic N) is 3. The van der Waals surface area contributed by atoms with E-state index in [1.807, 2.05) is 21.9 Å². The third kappa shape index (κ3) is 4.74. The van der Waals surface area contributed by atoms with Crippen molar-refractivity contribution in [2.45, 2.75) is 51.1 Å². The molecule has 2 aliphatic heterocycles. The number of carbonyl (C=O) groups excluding carboxylic acids is 2. The average molecular weight is 400 g/mol. The number of hydrogen-bond acceptors (Lipinski definition) is 4. The van der Waals surface area contributed by atoms with Gasteiger partial charge in [0, 0.05) is 51.7 Å². The molecule has 1 aromatic carbocycles. The van der Waals surface area contributed by atoms with E-state index in [0.29, 0.717) is 25.4 Å². The van der Waals surface area contributed by atoms with Crippen molar-refractivity contribution in [3.63, 3.8) is 0 Å². The van der Waals surface area contributed by atoms with Crippen LogP contribution in [-0.4, -0.2) is 72.4 Å². The van der Waals surface area contributed by atoms with Crippen LogP contribution < -0.4 is 4.74 Å². The van der Waals surface area contributed by atoms with Crippen LogP contribution in [0, 0.1) is 5.92 Å². The number of methoxy groups -OCH3 is 1. The van der Waals surface area contributed by atoms with Gasteiger partial charge in [-0.25, -0.2) is 0 Å². The van der Waals surface area contributed by atoms with E-state index >= 15 is 0 Å². The highest BCUT2D eigenvalue weighted by atomic mass is 16.5. The SMILES string of the molecule is COc1cccc(CN2CCN(C(=O)[C@H]3CCC(=O)N(C4CCCC4)C3)CC2)c1. The number of likely N-dealkylation sites (tertiary alicyclic amines) is 1. The van der Waals surface area contributed by atoms with Gasteiger partial charge in [-0.1, -0.05) is 25.0 Å². The maximum absolute atomic E-state index is 13.1. The smallest absolute Gasteiger partial charge is 0.227 e. The molecule has 0 unspecified atom stereocenters. The van der Waals surface area contributed by atoms with E-state index in [1.54, 1.807) is 7.11 Å². The molecule has 0 spiro atoms. The number of ether oxygens (including phenoxy) is 1. The van der Waals surface area contributed by atoms with Crippen LogP contribution in [0.2, 0.25) is 0 Å². The average Bonchev–Trinajstić information content (AvgIpc) is 3.29. The molecule has 2 heterocycles. The second-order valence-electron chi connectivity index (χ2n) is 8.67. The highest BCUT2D eigenvalue weighted by Gasteiger charge is 2.37. The summed E-state index contributed by atoms with van der Waals surface area (Å²) in [6.07, 6.45) is 5.88. The van der Waals surface area contributed by atoms with Gasteiger partial charge in [0.25, 0.3) is 0 Å². The molecule has 2 saturated heterocycles. The zero-order valence-corrected chi connectivity index (χ0v) is 17.5. The van der Waals surface area contributed by atoms with Gasteiger partial charge in [0.15, 0.2) is 0 Å². The maximum atomic E-state index is 13.1. The molecule has 3 aliphatic rings. The van der Waals surface area contributed by atoms with E-state index in [9.17, 15) is 9.59 Å². The lowest BCUT2D eigenvalue weighted by Crippen LogP contribution is -2.54.